The van der Waals surface area contributed by atoms with Crippen LogP contribution in [0.5, 0.6) is 11.5 Å². The van der Waals surface area contributed by atoms with Crippen LogP contribution in [0.1, 0.15) is 12.0 Å². The van der Waals surface area contributed by atoms with E-state index in [1.165, 1.54) is 0 Å². The Balaban J connectivity index is 1.35. The molecule has 0 aliphatic carbocycles. The topological polar surface area (TPSA) is 79.9 Å². The fraction of sp³-hybridized carbons (Fsp3) is 0.333. The van der Waals surface area contributed by atoms with Gasteiger partial charge in [0.25, 0.3) is 0 Å². The summed E-state index contributed by atoms with van der Waals surface area (Å²) in [6.45, 7) is 1.80. The molecule has 0 bridgehead atoms. The van der Waals surface area contributed by atoms with Gasteiger partial charge in [0.15, 0.2) is 0 Å². The predicted molar refractivity (Wildman–Crippen MR) is 105 cm³/mol. The second-order valence-electron chi connectivity index (χ2n) is 6.59. The van der Waals surface area contributed by atoms with Gasteiger partial charge in [-0.25, -0.2) is 4.79 Å². The Labute approximate surface area is 164 Å². The summed E-state index contributed by atoms with van der Waals surface area (Å²) < 4.78 is 10.7. The SMILES string of the molecule is COc1ccc(OCCNC(=O)NC2CC(=O)N(Cc3ccccc3)C2)cc1. The number of methoxy groups -OCH3 is 1. The second kappa shape index (κ2) is 9.64. The fourth-order valence-electron chi connectivity index (χ4n) is 3.07. The molecule has 1 aliphatic heterocycles. The Morgan fingerprint density at radius 2 is 1.82 bits per heavy atom. The van der Waals surface area contributed by atoms with E-state index in [-0.39, 0.29) is 18.0 Å². The van der Waals surface area contributed by atoms with Gasteiger partial charge in [0.1, 0.15) is 18.1 Å². The maximum atomic E-state index is 12.2. The Morgan fingerprint density at radius 3 is 2.54 bits per heavy atom. The number of urea groups is 1. The molecule has 1 aliphatic rings. The number of ether oxygens (including phenoxy) is 2. The molecule has 2 N–H and O–H groups in total. The Kier molecular flexibility index (Phi) is 6.73. The molecule has 0 aromatic heterocycles. The maximum absolute atomic E-state index is 12.2. The van der Waals surface area contributed by atoms with Gasteiger partial charge >= 0.3 is 6.03 Å². The molecular weight excluding hydrogens is 358 g/mol. The molecule has 1 unspecified atom stereocenters. The van der Waals surface area contributed by atoms with Crippen molar-refractivity contribution < 1.29 is 19.1 Å². The molecule has 0 saturated carbocycles. The van der Waals surface area contributed by atoms with Crippen LogP contribution in [0.2, 0.25) is 0 Å². The van der Waals surface area contributed by atoms with Crippen LogP contribution in [-0.4, -0.2) is 49.7 Å². The molecule has 148 valence electrons. The number of nitrogens with one attached hydrogen (secondary N) is 2. The van der Waals surface area contributed by atoms with Crippen molar-refractivity contribution in [2.45, 2.75) is 19.0 Å². The number of carbonyl (C=O) groups is 2. The molecule has 28 heavy (non-hydrogen) atoms. The molecule has 1 heterocycles. The first kappa shape index (κ1) is 19.5. The summed E-state index contributed by atoms with van der Waals surface area (Å²) in [7, 11) is 1.61. The van der Waals surface area contributed by atoms with E-state index in [2.05, 4.69) is 10.6 Å². The van der Waals surface area contributed by atoms with Crippen LogP contribution in [-0.2, 0) is 11.3 Å². The normalized spacial score (nSPS) is 16.0. The number of amides is 3. The van der Waals surface area contributed by atoms with Gasteiger partial charge in [-0.1, -0.05) is 30.3 Å². The minimum Gasteiger partial charge on any atom is -0.497 e. The molecule has 7 nitrogen and oxygen atoms in total. The van der Waals surface area contributed by atoms with Crippen LogP contribution in [0.25, 0.3) is 0 Å². The number of rotatable bonds is 8. The zero-order valence-corrected chi connectivity index (χ0v) is 15.9. The fourth-order valence-corrected chi connectivity index (χ4v) is 3.07. The lowest BCUT2D eigenvalue weighted by Gasteiger charge is -2.17. The van der Waals surface area contributed by atoms with E-state index in [1.807, 2.05) is 54.6 Å². The number of hydrogen-bond donors (Lipinski definition) is 2. The molecule has 3 rings (SSSR count). The van der Waals surface area contributed by atoms with E-state index in [0.29, 0.717) is 38.4 Å². The average Bonchev–Trinajstić information content (AvgIpc) is 3.05. The maximum Gasteiger partial charge on any atom is 0.315 e. The molecule has 0 spiro atoms. The summed E-state index contributed by atoms with van der Waals surface area (Å²) in [5.74, 6) is 1.52. The average molecular weight is 383 g/mol. The van der Waals surface area contributed by atoms with Crippen molar-refractivity contribution in [2.75, 3.05) is 26.8 Å². The zero-order valence-electron chi connectivity index (χ0n) is 15.9. The molecule has 1 fully saturated rings. The highest BCUT2D eigenvalue weighted by atomic mass is 16.5. The number of nitrogens with zero attached hydrogens (tertiary/aromatic N) is 1. The van der Waals surface area contributed by atoms with Gasteiger partial charge in [-0.2, -0.15) is 0 Å². The van der Waals surface area contributed by atoms with Gasteiger partial charge in [0.05, 0.1) is 19.7 Å². The quantitative estimate of drug-likeness (QED) is 0.685. The Morgan fingerprint density at radius 1 is 1.11 bits per heavy atom. The zero-order chi connectivity index (χ0) is 19.8. The first-order valence-electron chi connectivity index (χ1n) is 9.27. The van der Waals surface area contributed by atoms with Crippen LogP contribution in [0.4, 0.5) is 4.79 Å². The van der Waals surface area contributed by atoms with E-state index >= 15 is 0 Å². The molecule has 3 amide bonds. The van der Waals surface area contributed by atoms with Gasteiger partial charge in [-0.15, -0.1) is 0 Å². The molecule has 2 aromatic carbocycles. The molecule has 7 heteroatoms. The molecule has 1 atom stereocenters. The first-order valence-corrected chi connectivity index (χ1v) is 9.27. The van der Waals surface area contributed by atoms with Crippen LogP contribution < -0.4 is 20.1 Å². The lowest BCUT2D eigenvalue weighted by molar-refractivity contribution is -0.128. The third kappa shape index (κ3) is 5.64. The summed E-state index contributed by atoms with van der Waals surface area (Å²) in [5.41, 5.74) is 1.08. The van der Waals surface area contributed by atoms with Crippen LogP contribution in [0, 0.1) is 0 Å². The summed E-state index contributed by atoms with van der Waals surface area (Å²) >= 11 is 0. The van der Waals surface area contributed by atoms with Crippen molar-refractivity contribution in [1.82, 2.24) is 15.5 Å². The van der Waals surface area contributed by atoms with Crippen molar-refractivity contribution in [1.29, 1.82) is 0 Å². The third-order valence-corrected chi connectivity index (χ3v) is 4.48. The number of likely N-dealkylation sites (tertiary alicyclic amines) is 1. The van der Waals surface area contributed by atoms with Gasteiger partial charge in [-0.05, 0) is 29.8 Å². The van der Waals surface area contributed by atoms with Gasteiger partial charge < -0.3 is 25.0 Å². The number of carbonyl (C=O) groups excluding carboxylic acids is 2. The summed E-state index contributed by atoms with van der Waals surface area (Å²) in [4.78, 5) is 26.0. The number of benzene rings is 2. The van der Waals surface area contributed by atoms with Crippen molar-refractivity contribution in [3.8, 4) is 11.5 Å². The van der Waals surface area contributed by atoms with E-state index in [4.69, 9.17) is 9.47 Å². The highest BCUT2D eigenvalue weighted by molar-refractivity contribution is 5.81. The Hall–Kier alpha value is -3.22. The lowest BCUT2D eigenvalue weighted by atomic mass is 10.2. The molecular formula is C21H25N3O4. The van der Waals surface area contributed by atoms with E-state index in [9.17, 15) is 9.59 Å². The van der Waals surface area contributed by atoms with Gasteiger partial charge in [0.2, 0.25) is 5.91 Å². The first-order chi connectivity index (χ1) is 13.6. The van der Waals surface area contributed by atoms with Crippen molar-refractivity contribution in [2.24, 2.45) is 0 Å². The second-order valence-corrected chi connectivity index (χ2v) is 6.59. The highest BCUT2D eigenvalue weighted by Crippen LogP contribution is 2.17. The summed E-state index contributed by atoms with van der Waals surface area (Å²) in [5, 5.41) is 5.61. The van der Waals surface area contributed by atoms with Crippen LogP contribution in [0.3, 0.4) is 0 Å². The van der Waals surface area contributed by atoms with Crippen LogP contribution in [0.15, 0.2) is 54.6 Å². The van der Waals surface area contributed by atoms with E-state index in [0.717, 1.165) is 11.3 Å². The largest absolute Gasteiger partial charge is 0.497 e. The summed E-state index contributed by atoms with van der Waals surface area (Å²) in [6.07, 6.45) is 0.322. The molecule has 0 radical (unpaired) electrons. The predicted octanol–water partition coefficient (Wildman–Crippen LogP) is 2.17. The monoisotopic (exact) mass is 383 g/mol. The smallest absolute Gasteiger partial charge is 0.315 e. The van der Waals surface area contributed by atoms with E-state index < -0.39 is 0 Å². The van der Waals surface area contributed by atoms with E-state index in [1.54, 1.807) is 12.0 Å². The van der Waals surface area contributed by atoms with Gasteiger partial charge in [0, 0.05) is 19.5 Å². The minimum atomic E-state index is -0.294. The van der Waals surface area contributed by atoms with Crippen molar-refractivity contribution in [3.05, 3.63) is 60.2 Å². The van der Waals surface area contributed by atoms with Crippen molar-refractivity contribution in [3.63, 3.8) is 0 Å². The summed E-state index contributed by atoms with van der Waals surface area (Å²) in [6, 6.07) is 16.6. The third-order valence-electron chi connectivity index (χ3n) is 4.48. The van der Waals surface area contributed by atoms with Crippen molar-refractivity contribution >= 4 is 11.9 Å². The lowest BCUT2D eigenvalue weighted by Crippen LogP contribution is -2.44. The highest BCUT2D eigenvalue weighted by Gasteiger charge is 2.30. The van der Waals surface area contributed by atoms with Gasteiger partial charge in [-0.3, -0.25) is 4.79 Å². The standard InChI is InChI=1S/C21H25N3O4/c1-27-18-7-9-19(10-8-18)28-12-11-22-21(26)23-17-13-20(25)24(15-17)14-16-5-3-2-4-6-16/h2-10,17H,11-15H2,1H3,(H2,22,23,26). The Bertz CT molecular complexity index is 780. The van der Waals surface area contributed by atoms with Crippen LogP contribution >= 0.6 is 0 Å². The minimum absolute atomic E-state index is 0.0528. The molecule has 1 saturated heterocycles. The molecule has 2 aromatic rings. The number of hydrogen-bond acceptors (Lipinski definition) is 4.